The number of nitrogens with zero attached hydrogens (tertiary/aromatic N) is 4. The Morgan fingerprint density at radius 1 is 1.09 bits per heavy atom. The van der Waals surface area contributed by atoms with Crippen LogP contribution in [0.4, 0.5) is 11.5 Å². The van der Waals surface area contributed by atoms with E-state index in [9.17, 15) is 18.0 Å². The third kappa shape index (κ3) is 4.73. The van der Waals surface area contributed by atoms with Crippen molar-refractivity contribution in [3.8, 4) is 0 Å². The van der Waals surface area contributed by atoms with E-state index in [1.165, 1.54) is 11.6 Å². The van der Waals surface area contributed by atoms with Crippen LogP contribution in [0.3, 0.4) is 0 Å². The van der Waals surface area contributed by atoms with Crippen molar-refractivity contribution in [3.63, 3.8) is 0 Å². The normalized spacial score (nSPS) is 17.1. The van der Waals surface area contributed by atoms with Crippen molar-refractivity contribution in [1.29, 1.82) is 0 Å². The van der Waals surface area contributed by atoms with Crippen molar-refractivity contribution in [2.75, 3.05) is 48.8 Å². The molecule has 1 aromatic heterocycles. The number of carbonyl (C=O) groups excluding carboxylic acids is 2. The Labute approximate surface area is 195 Å². The van der Waals surface area contributed by atoms with Crippen molar-refractivity contribution in [3.05, 3.63) is 47.2 Å². The average Bonchev–Trinajstić information content (AvgIpc) is 3.23. The van der Waals surface area contributed by atoms with Crippen molar-refractivity contribution < 1.29 is 18.0 Å². The number of anilines is 2. The number of aryl methyl sites for hydroxylation is 2. The van der Waals surface area contributed by atoms with Gasteiger partial charge in [0.1, 0.15) is 5.82 Å². The Morgan fingerprint density at radius 3 is 2.39 bits per heavy atom. The number of benzene rings is 1. The van der Waals surface area contributed by atoms with Gasteiger partial charge < -0.3 is 14.7 Å². The lowest BCUT2D eigenvalue weighted by Gasteiger charge is -2.36. The zero-order valence-electron chi connectivity index (χ0n) is 19.4. The van der Waals surface area contributed by atoms with Crippen LogP contribution in [0.25, 0.3) is 0 Å². The topological polar surface area (TPSA) is 90.9 Å². The molecule has 4 rings (SSSR count). The Bertz CT molecular complexity index is 1190. The van der Waals surface area contributed by atoms with E-state index < -0.39 is 9.84 Å². The van der Waals surface area contributed by atoms with Gasteiger partial charge >= 0.3 is 0 Å². The third-order valence-corrected chi connectivity index (χ3v) is 7.50. The zero-order valence-corrected chi connectivity index (χ0v) is 20.2. The largest absolute Gasteiger partial charge is 0.353 e. The summed E-state index contributed by atoms with van der Waals surface area (Å²) >= 11 is 0. The molecule has 3 heterocycles. The van der Waals surface area contributed by atoms with Crippen LogP contribution in [0.5, 0.6) is 0 Å². The van der Waals surface area contributed by atoms with Crippen LogP contribution < -0.4 is 9.80 Å². The van der Waals surface area contributed by atoms with Gasteiger partial charge in [-0.25, -0.2) is 13.4 Å². The molecule has 1 aromatic carbocycles. The van der Waals surface area contributed by atoms with Gasteiger partial charge in [-0.2, -0.15) is 0 Å². The molecule has 2 aromatic rings. The first-order chi connectivity index (χ1) is 15.7. The number of sulfone groups is 1. The maximum atomic E-state index is 13.3. The SMILES string of the molecule is CCc1cnc(N2CCN(C(=O)c3ccc(N4CCCC4=O)cc3S(C)(=O)=O)CC2)c(C)c1. The molecule has 0 N–H and O–H groups in total. The third-order valence-electron chi connectivity index (χ3n) is 6.36. The standard InChI is InChI=1S/C24H30N4O4S/c1-4-18-14-17(2)23(25-16-18)26-10-12-27(13-11-26)24(30)20-8-7-19(15-21(20)33(3,31)32)28-9-5-6-22(28)29/h7-8,14-16H,4-6,9-13H2,1-3H3. The molecular weight excluding hydrogens is 440 g/mol. The lowest BCUT2D eigenvalue weighted by molar-refractivity contribution is -0.117. The van der Waals surface area contributed by atoms with Crippen LogP contribution in [0.15, 0.2) is 35.4 Å². The van der Waals surface area contributed by atoms with Gasteiger partial charge in [0, 0.05) is 57.3 Å². The number of hydrogen-bond donors (Lipinski definition) is 0. The molecule has 2 aliphatic rings. The minimum atomic E-state index is -3.66. The van der Waals surface area contributed by atoms with E-state index in [2.05, 4.69) is 22.9 Å². The van der Waals surface area contributed by atoms with Gasteiger partial charge in [-0.05, 0) is 49.1 Å². The monoisotopic (exact) mass is 470 g/mol. The van der Waals surface area contributed by atoms with E-state index in [4.69, 9.17) is 0 Å². The average molecular weight is 471 g/mol. The van der Waals surface area contributed by atoms with Crippen molar-refractivity contribution in [1.82, 2.24) is 9.88 Å². The smallest absolute Gasteiger partial charge is 0.255 e. The maximum absolute atomic E-state index is 13.3. The predicted octanol–water partition coefficient (Wildman–Crippen LogP) is 2.45. The van der Waals surface area contributed by atoms with Crippen molar-refractivity contribution >= 4 is 33.2 Å². The fourth-order valence-electron chi connectivity index (χ4n) is 4.53. The molecule has 2 fully saturated rings. The molecule has 0 bridgehead atoms. The van der Waals surface area contributed by atoms with Crippen molar-refractivity contribution in [2.45, 2.75) is 38.0 Å². The Kier molecular flexibility index (Phi) is 6.43. The fraction of sp³-hybridized carbons (Fsp3) is 0.458. The number of pyridine rings is 1. The number of amides is 2. The minimum absolute atomic E-state index is 0.0273. The van der Waals surface area contributed by atoms with E-state index >= 15 is 0 Å². The molecule has 2 aliphatic heterocycles. The Hall–Kier alpha value is -2.94. The second kappa shape index (κ2) is 9.13. The molecular formula is C24H30N4O4S. The van der Waals surface area contributed by atoms with Crippen LogP contribution in [-0.2, 0) is 21.1 Å². The molecule has 0 aliphatic carbocycles. The summed E-state index contributed by atoms with van der Waals surface area (Å²) in [6.07, 6.45) is 5.12. The zero-order chi connectivity index (χ0) is 23.8. The second-order valence-electron chi connectivity index (χ2n) is 8.72. The van der Waals surface area contributed by atoms with E-state index in [1.54, 1.807) is 21.9 Å². The predicted molar refractivity (Wildman–Crippen MR) is 128 cm³/mol. The molecule has 2 saturated heterocycles. The van der Waals surface area contributed by atoms with Gasteiger partial charge in [-0.1, -0.05) is 13.0 Å². The van der Waals surface area contributed by atoms with Gasteiger partial charge in [-0.15, -0.1) is 0 Å². The van der Waals surface area contributed by atoms with Gasteiger partial charge in [0.15, 0.2) is 9.84 Å². The summed E-state index contributed by atoms with van der Waals surface area (Å²) in [7, 11) is -3.66. The number of hydrogen-bond acceptors (Lipinski definition) is 6. The van der Waals surface area contributed by atoms with Crippen LogP contribution in [0.2, 0.25) is 0 Å². The highest BCUT2D eigenvalue weighted by Gasteiger charge is 2.29. The highest BCUT2D eigenvalue weighted by Crippen LogP contribution is 2.28. The molecule has 9 heteroatoms. The highest BCUT2D eigenvalue weighted by molar-refractivity contribution is 7.90. The van der Waals surface area contributed by atoms with Crippen molar-refractivity contribution in [2.24, 2.45) is 0 Å². The number of aromatic nitrogens is 1. The first-order valence-corrected chi connectivity index (χ1v) is 13.2. The minimum Gasteiger partial charge on any atom is -0.353 e. The van der Waals surface area contributed by atoms with Gasteiger partial charge in [0.2, 0.25) is 5.91 Å². The lowest BCUT2D eigenvalue weighted by atomic mass is 10.1. The quantitative estimate of drug-likeness (QED) is 0.667. The first-order valence-electron chi connectivity index (χ1n) is 11.3. The molecule has 0 atom stereocenters. The number of carbonyl (C=O) groups is 2. The summed E-state index contributed by atoms with van der Waals surface area (Å²) in [4.78, 5) is 35.4. The van der Waals surface area contributed by atoms with Crippen LogP contribution >= 0.6 is 0 Å². The maximum Gasteiger partial charge on any atom is 0.255 e. The molecule has 0 radical (unpaired) electrons. The summed E-state index contributed by atoms with van der Waals surface area (Å²) in [6.45, 7) is 6.91. The summed E-state index contributed by atoms with van der Waals surface area (Å²) in [5.41, 5.74) is 2.98. The first kappa shape index (κ1) is 23.2. The molecule has 33 heavy (non-hydrogen) atoms. The van der Waals surface area contributed by atoms with Gasteiger partial charge in [0.25, 0.3) is 5.91 Å². The molecule has 0 saturated carbocycles. The van der Waals surface area contributed by atoms with E-state index in [1.807, 2.05) is 13.1 Å². The van der Waals surface area contributed by atoms with Crippen LogP contribution in [0.1, 0.15) is 41.3 Å². The summed E-state index contributed by atoms with van der Waals surface area (Å²) in [6, 6.07) is 6.82. The molecule has 2 amide bonds. The second-order valence-corrected chi connectivity index (χ2v) is 10.7. The number of rotatable bonds is 5. The molecule has 8 nitrogen and oxygen atoms in total. The summed E-state index contributed by atoms with van der Waals surface area (Å²) < 4.78 is 25.1. The summed E-state index contributed by atoms with van der Waals surface area (Å²) in [5.74, 6) is 0.594. The Morgan fingerprint density at radius 2 is 1.82 bits per heavy atom. The fourth-order valence-corrected chi connectivity index (χ4v) is 5.42. The van der Waals surface area contributed by atoms with E-state index in [-0.39, 0.29) is 22.3 Å². The van der Waals surface area contributed by atoms with E-state index in [0.717, 1.165) is 30.5 Å². The van der Waals surface area contributed by atoms with Crippen LogP contribution in [-0.4, -0.2) is 69.1 Å². The number of piperazine rings is 1. The van der Waals surface area contributed by atoms with E-state index in [0.29, 0.717) is 44.8 Å². The molecule has 0 spiro atoms. The molecule has 176 valence electrons. The van der Waals surface area contributed by atoms with Gasteiger partial charge in [0.05, 0.1) is 10.5 Å². The molecule has 0 unspecified atom stereocenters. The Balaban J connectivity index is 1.53. The van der Waals surface area contributed by atoms with Crippen LogP contribution in [0, 0.1) is 6.92 Å². The highest BCUT2D eigenvalue weighted by atomic mass is 32.2. The van der Waals surface area contributed by atoms with Gasteiger partial charge in [-0.3, -0.25) is 9.59 Å². The lowest BCUT2D eigenvalue weighted by Crippen LogP contribution is -2.49. The summed E-state index contributed by atoms with van der Waals surface area (Å²) in [5, 5.41) is 0.